The maximum Gasteiger partial charge on any atom is 0.127 e. The van der Waals surface area contributed by atoms with Crippen molar-refractivity contribution >= 4 is 5.69 Å². The van der Waals surface area contributed by atoms with Crippen molar-refractivity contribution in [1.82, 2.24) is 0 Å². The number of nitrogens with one attached hydrogen (secondary N) is 1. The summed E-state index contributed by atoms with van der Waals surface area (Å²) in [4.78, 5) is 0. The quantitative estimate of drug-likeness (QED) is 0.808. The van der Waals surface area contributed by atoms with Gasteiger partial charge < -0.3 is 14.8 Å². The fourth-order valence-corrected chi connectivity index (χ4v) is 1.99. The van der Waals surface area contributed by atoms with Gasteiger partial charge in [-0.3, -0.25) is 0 Å². The van der Waals surface area contributed by atoms with E-state index in [1.165, 1.54) is 18.4 Å². The summed E-state index contributed by atoms with van der Waals surface area (Å²) in [6.07, 6.45) is 3.50. The van der Waals surface area contributed by atoms with Gasteiger partial charge in [-0.05, 0) is 19.3 Å². The van der Waals surface area contributed by atoms with Gasteiger partial charge in [-0.25, -0.2) is 0 Å². The molecule has 1 aromatic carbocycles. The van der Waals surface area contributed by atoms with Gasteiger partial charge in [0.2, 0.25) is 0 Å². The standard InChI is InChI=1S/C12H17NO2/c1-14-9-7-11-10(12(8-9)15-2)5-3-4-6-13-11/h7-8,13H,3-6H2,1-2H3. The fraction of sp³-hybridized carbons (Fsp3) is 0.500. The number of benzene rings is 1. The maximum atomic E-state index is 5.39. The number of ether oxygens (including phenoxy) is 2. The van der Waals surface area contributed by atoms with E-state index in [-0.39, 0.29) is 0 Å². The molecule has 1 aromatic rings. The summed E-state index contributed by atoms with van der Waals surface area (Å²) in [6, 6.07) is 4.00. The highest BCUT2D eigenvalue weighted by molar-refractivity contribution is 5.62. The largest absolute Gasteiger partial charge is 0.497 e. The molecule has 0 amide bonds. The van der Waals surface area contributed by atoms with Crippen molar-refractivity contribution in [3.05, 3.63) is 17.7 Å². The minimum Gasteiger partial charge on any atom is -0.497 e. The van der Waals surface area contributed by atoms with Gasteiger partial charge >= 0.3 is 0 Å². The Labute approximate surface area is 90.4 Å². The molecule has 0 unspecified atom stereocenters. The van der Waals surface area contributed by atoms with Crippen LogP contribution in [0.4, 0.5) is 5.69 Å². The van der Waals surface area contributed by atoms with Gasteiger partial charge in [-0.1, -0.05) is 0 Å². The van der Waals surface area contributed by atoms with Gasteiger partial charge in [0.05, 0.1) is 14.2 Å². The number of hydrogen-bond acceptors (Lipinski definition) is 3. The Balaban J connectivity index is 2.45. The molecule has 0 saturated carbocycles. The van der Waals surface area contributed by atoms with E-state index in [4.69, 9.17) is 9.47 Å². The average molecular weight is 207 g/mol. The molecule has 0 aromatic heterocycles. The third-order valence-corrected chi connectivity index (χ3v) is 2.81. The molecule has 15 heavy (non-hydrogen) atoms. The van der Waals surface area contributed by atoms with Crippen molar-refractivity contribution in [2.75, 3.05) is 26.1 Å². The molecule has 3 nitrogen and oxygen atoms in total. The zero-order valence-electron chi connectivity index (χ0n) is 9.30. The molecule has 0 aliphatic carbocycles. The molecular formula is C12H17NO2. The lowest BCUT2D eigenvalue weighted by atomic mass is 10.1. The smallest absolute Gasteiger partial charge is 0.127 e. The van der Waals surface area contributed by atoms with Crippen LogP contribution in [0.1, 0.15) is 18.4 Å². The molecule has 1 N–H and O–H groups in total. The van der Waals surface area contributed by atoms with Gasteiger partial charge in [0.15, 0.2) is 0 Å². The monoisotopic (exact) mass is 207 g/mol. The third kappa shape index (κ3) is 2.01. The van der Waals surface area contributed by atoms with Crippen LogP contribution in [0.25, 0.3) is 0 Å². The first-order chi connectivity index (χ1) is 7.35. The van der Waals surface area contributed by atoms with Crippen LogP contribution in [0, 0.1) is 0 Å². The van der Waals surface area contributed by atoms with E-state index in [2.05, 4.69) is 5.32 Å². The first-order valence-electron chi connectivity index (χ1n) is 5.34. The van der Waals surface area contributed by atoms with Gasteiger partial charge in [0.25, 0.3) is 0 Å². The van der Waals surface area contributed by atoms with Crippen molar-refractivity contribution in [2.24, 2.45) is 0 Å². The lowest BCUT2D eigenvalue weighted by Crippen LogP contribution is -2.01. The SMILES string of the molecule is COc1cc2c(c(OC)c1)CCCCN2. The van der Waals surface area contributed by atoms with E-state index in [0.29, 0.717) is 0 Å². The van der Waals surface area contributed by atoms with Crippen molar-refractivity contribution in [3.8, 4) is 11.5 Å². The third-order valence-electron chi connectivity index (χ3n) is 2.81. The number of rotatable bonds is 2. The summed E-state index contributed by atoms with van der Waals surface area (Å²) >= 11 is 0. The molecule has 0 radical (unpaired) electrons. The molecule has 0 bridgehead atoms. The van der Waals surface area contributed by atoms with E-state index in [1.54, 1.807) is 14.2 Å². The van der Waals surface area contributed by atoms with Crippen LogP contribution in [-0.2, 0) is 6.42 Å². The Kier molecular flexibility index (Phi) is 2.99. The Morgan fingerprint density at radius 2 is 2.00 bits per heavy atom. The van der Waals surface area contributed by atoms with Gasteiger partial charge in [0, 0.05) is 29.9 Å². The molecule has 3 heteroatoms. The van der Waals surface area contributed by atoms with Crippen LogP contribution >= 0.6 is 0 Å². The lowest BCUT2D eigenvalue weighted by molar-refractivity contribution is 0.391. The number of hydrogen-bond donors (Lipinski definition) is 1. The first-order valence-corrected chi connectivity index (χ1v) is 5.34. The highest BCUT2D eigenvalue weighted by Gasteiger charge is 2.14. The predicted molar refractivity (Wildman–Crippen MR) is 61.0 cm³/mol. The fourth-order valence-electron chi connectivity index (χ4n) is 1.99. The second kappa shape index (κ2) is 4.43. The van der Waals surface area contributed by atoms with E-state index < -0.39 is 0 Å². The molecule has 1 heterocycles. The number of fused-ring (bicyclic) bond motifs is 1. The zero-order chi connectivity index (χ0) is 10.7. The van der Waals surface area contributed by atoms with Crippen LogP contribution in [0.15, 0.2) is 12.1 Å². The van der Waals surface area contributed by atoms with Gasteiger partial charge in [-0.15, -0.1) is 0 Å². The molecule has 0 saturated heterocycles. The second-order valence-electron chi connectivity index (χ2n) is 3.74. The van der Waals surface area contributed by atoms with Crippen LogP contribution in [0.2, 0.25) is 0 Å². The van der Waals surface area contributed by atoms with Crippen LogP contribution in [-0.4, -0.2) is 20.8 Å². The van der Waals surface area contributed by atoms with E-state index in [0.717, 1.165) is 30.2 Å². The summed E-state index contributed by atoms with van der Waals surface area (Å²) in [6.45, 7) is 1.03. The minimum absolute atomic E-state index is 0.847. The Bertz CT molecular complexity index is 350. The molecule has 0 spiro atoms. The highest BCUT2D eigenvalue weighted by atomic mass is 16.5. The van der Waals surface area contributed by atoms with E-state index in [1.807, 2.05) is 12.1 Å². The van der Waals surface area contributed by atoms with Crippen molar-refractivity contribution in [1.29, 1.82) is 0 Å². The van der Waals surface area contributed by atoms with Crippen molar-refractivity contribution in [3.63, 3.8) is 0 Å². The average Bonchev–Trinajstić information content (AvgIpc) is 2.52. The predicted octanol–water partition coefficient (Wildman–Crippen LogP) is 2.45. The van der Waals surface area contributed by atoms with E-state index in [9.17, 15) is 0 Å². The summed E-state index contributed by atoms with van der Waals surface area (Å²) < 4.78 is 10.6. The van der Waals surface area contributed by atoms with Gasteiger partial charge in [-0.2, -0.15) is 0 Å². The Morgan fingerprint density at radius 1 is 1.13 bits per heavy atom. The second-order valence-corrected chi connectivity index (χ2v) is 3.74. The molecule has 2 rings (SSSR count). The maximum absolute atomic E-state index is 5.39. The summed E-state index contributed by atoms with van der Waals surface area (Å²) in [5.41, 5.74) is 2.43. The first kappa shape index (κ1) is 10.1. The summed E-state index contributed by atoms with van der Waals surface area (Å²) in [7, 11) is 3.39. The van der Waals surface area contributed by atoms with Crippen LogP contribution in [0.5, 0.6) is 11.5 Å². The molecule has 0 atom stereocenters. The van der Waals surface area contributed by atoms with Crippen LogP contribution < -0.4 is 14.8 Å². The number of anilines is 1. The van der Waals surface area contributed by atoms with Gasteiger partial charge in [0.1, 0.15) is 11.5 Å². The topological polar surface area (TPSA) is 30.5 Å². The normalized spacial score (nSPS) is 14.8. The molecular weight excluding hydrogens is 190 g/mol. The Hall–Kier alpha value is -1.38. The molecule has 82 valence electrons. The highest BCUT2D eigenvalue weighted by Crippen LogP contribution is 2.34. The van der Waals surface area contributed by atoms with Crippen LogP contribution in [0.3, 0.4) is 0 Å². The minimum atomic E-state index is 0.847. The summed E-state index contributed by atoms with van der Waals surface area (Å²) in [5, 5.41) is 3.41. The summed E-state index contributed by atoms with van der Waals surface area (Å²) in [5.74, 6) is 1.78. The van der Waals surface area contributed by atoms with Crippen molar-refractivity contribution in [2.45, 2.75) is 19.3 Å². The Morgan fingerprint density at radius 3 is 2.73 bits per heavy atom. The molecule has 1 aliphatic rings. The van der Waals surface area contributed by atoms with E-state index >= 15 is 0 Å². The number of methoxy groups -OCH3 is 2. The molecule has 0 fully saturated rings. The molecule has 1 aliphatic heterocycles. The lowest BCUT2D eigenvalue weighted by Gasteiger charge is -2.14. The van der Waals surface area contributed by atoms with Crippen molar-refractivity contribution < 1.29 is 9.47 Å². The zero-order valence-corrected chi connectivity index (χ0v) is 9.30.